The Morgan fingerprint density at radius 2 is 1.50 bits per heavy atom. The summed E-state index contributed by atoms with van der Waals surface area (Å²) in [5.41, 5.74) is 4.79. The first kappa shape index (κ1) is 18.6. The molecule has 26 heavy (non-hydrogen) atoms. The molecule has 2 aromatic rings. The van der Waals surface area contributed by atoms with Gasteiger partial charge in [0.2, 0.25) is 10.0 Å². The molecular weight excluding hydrogens is 348 g/mol. The second-order valence-electron chi connectivity index (χ2n) is 6.82. The van der Waals surface area contributed by atoms with Crippen LogP contribution >= 0.6 is 0 Å². The second kappa shape index (κ2) is 7.21. The number of anilines is 1. The van der Waals surface area contributed by atoms with Gasteiger partial charge >= 0.3 is 0 Å². The molecule has 0 amide bonds. The van der Waals surface area contributed by atoms with Crippen LogP contribution in [0.3, 0.4) is 0 Å². The molecule has 6 heteroatoms. The first-order chi connectivity index (χ1) is 12.3. The fourth-order valence-corrected chi connectivity index (χ4v) is 4.74. The third-order valence-electron chi connectivity index (χ3n) is 4.95. The molecule has 1 aliphatic heterocycles. The minimum absolute atomic E-state index is 0.346. The van der Waals surface area contributed by atoms with Gasteiger partial charge in [-0.15, -0.1) is 0 Å². The molecule has 1 heterocycles. The lowest BCUT2D eigenvalue weighted by Gasteiger charge is -2.36. The zero-order valence-electron chi connectivity index (χ0n) is 15.4. The second-order valence-corrected chi connectivity index (χ2v) is 8.76. The van der Waals surface area contributed by atoms with E-state index in [-0.39, 0.29) is 0 Å². The number of sulfonamides is 1. The van der Waals surface area contributed by atoms with Crippen molar-refractivity contribution in [3.8, 4) is 0 Å². The molecule has 3 rings (SSSR count). The van der Waals surface area contributed by atoms with Gasteiger partial charge in [0.05, 0.1) is 4.90 Å². The molecule has 0 saturated carbocycles. The van der Waals surface area contributed by atoms with Crippen LogP contribution in [-0.4, -0.2) is 45.2 Å². The summed E-state index contributed by atoms with van der Waals surface area (Å²) in [5, 5.41) is 0. The molecule has 0 bridgehead atoms. The van der Waals surface area contributed by atoms with Crippen LogP contribution in [0.15, 0.2) is 41.3 Å². The SMILES string of the molecule is Cc1ccc(S(=O)(=O)N2CCN(c3cc(C)c(C=O)cc3C)CC2)cc1. The Balaban J connectivity index is 1.76. The molecule has 0 N–H and O–H groups in total. The van der Waals surface area contributed by atoms with Crippen LogP contribution in [0.25, 0.3) is 0 Å². The number of carbonyl (C=O) groups excluding carboxylic acids is 1. The van der Waals surface area contributed by atoms with E-state index >= 15 is 0 Å². The fourth-order valence-electron chi connectivity index (χ4n) is 3.32. The van der Waals surface area contributed by atoms with E-state index in [1.165, 1.54) is 0 Å². The zero-order valence-corrected chi connectivity index (χ0v) is 16.2. The molecule has 5 nitrogen and oxygen atoms in total. The smallest absolute Gasteiger partial charge is 0.243 e. The molecule has 0 radical (unpaired) electrons. The van der Waals surface area contributed by atoms with Gasteiger partial charge in [-0.25, -0.2) is 8.42 Å². The van der Waals surface area contributed by atoms with Gasteiger partial charge in [0, 0.05) is 37.4 Å². The lowest BCUT2D eigenvalue weighted by molar-refractivity contribution is 0.112. The highest BCUT2D eigenvalue weighted by Crippen LogP contribution is 2.26. The van der Waals surface area contributed by atoms with Gasteiger partial charge in [-0.1, -0.05) is 17.7 Å². The highest BCUT2D eigenvalue weighted by molar-refractivity contribution is 7.89. The number of piperazine rings is 1. The highest BCUT2D eigenvalue weighted by atomic mass is 32.2. The van der Waals surface area contributed by atoms with E-state index in [2.05, 4.69) is 4.90 Å². The largest absolute Gasteiger partial charge is 0.369 e. The molecule has 0 unspecified atom stereocenters. The minimum Gasteiger partial charge on any atom is -0.369 e. The standard InChI is InChI=1S/C20H24N2O3S/c1-15-4-6-19(7-5-15)26(24,25)22-10-8-21(9-11-22)20-13-16(2)18(14-23)12-17(20)3/h4-7,12-14H,8-11H2,1-3H3. The number of rotatable bonds is 4. The van der Waals surface area contributed by atoms with Crippen LogP contribution in [0.1, 0.15) is 27.0 Å². The number of benzene rings is 2. The van der Waals surface area contributed by atoms with Crippen molar-refractivity contribution in [2.24, 2.45) is 0 Å². The predicted molar refractivity (Wildman–Crippen MR) is 103 cm³/mol. The Bertz CT molecular complexity index is 913. The van der Waals surface area contributed by atoms with Crippen molar-refractivity contribution in [2.75, 3.05) is 31.1 Å². The van der Waals surface area contributed by atoms with E-state index in [4.69, 9.17) is 0 Å². The third-order valence-corrected chi connectivity index (χ3v) is 6.86. The van der Waals surface area contributed by atoms with Gasteiger partial charge < -0.3 is 4.90 Å². The predicted octanol–water partition coefficient (Wildman–Crippen LogP) is 2.94. The normalized spacial score (nSPS) is 15.9. The Hall–Kier alpha value is -2.18. The number of aryl methyl sites for hydroxylation is 3. The summed E-state index contributed by atoms with van der Waals surface area (Å²) in [6.45, 7) is 8.00. The molecule has 1 aliphatic rings. The maximum absolute atomic E-state index is 12.8. The Morgan fingerprint density at radius 3 is 2.08 bits per heavy atom. The number of nitrogens with zero attached hydrogens (tertiary/aromatic N) is 2. The third kappa shape index (κ3) is 3.52. The number of carbonyl (C=O) groups is 1. The average molecular weight is 372 g/mol. The molecule has 1 fully saturated rings. The molecule has 0 aliphatic carbocycles. The van der Waals surface area contributed by atoms with Crippen molar-refractivity contribution in [3.63, 3.8) is 0 Å². The van der Waals surface area contributed by atoms with Crippen LogP contribution in [0, 0.1) is 20.8 Å². The van der Waals surface area contributed by atoms with E-state index in [1.807, 2.05) is 45.0 Å². The van der Waals surface area contributed by atoms with Crippen LogP contribution in [0.5, 0.6) is 0 Å². The van der Waals surface area contributed by atoms with Crippen molar-refractivity contribution in [1.82, 2.24) is 4.31 Å². The summed E-state index contributed by atoms with van der Waals surface area (Å²) in [7, 11) is -3.45. The van der Waals surface area contributed by atoms with E-state index in [0.29, 0.717) is 36.6 Å². The topological polar surface area (TPSA) is 57.7 Å². The highest BCUT2D eigenvalue weighted by Gasteiger charge is 2.29. The van der Waals surface area contributed by atoms with Crippen molar-refractivity contribution in [3.05, 3.63) is 58.7 Å². The first-order valence-corrected chi connectivity index (χ1v) is 10.1. The fraction of sp³-hybridized carbons (Fsp3) is 0.350. The van der Waals surface area contributed by atoms with Gasteiger partial charge in [0.15, 0.2) is 0 Å². The summed E-state index contributed by atoms with van der Waals surface area (Å²) in [5.74, 6) is 0. The van der Waals surface area contributed by atoms with Crippen molar-refractivity contribution in [2.45, 2.75) is 25.7 Å². The molecule has 0 aromatic heterocycles. The summed E-state index contributed by atoms with van der Waals surface area (Å²) >= 11 is 0. The lowest BCUT2D eigenvalue weighted by Crippen LogP contribution is -2.48. The molecule has 0 spiro atoms. The van der Waals surface area contributed by atoms with Crippen LogP contribution in [-0.2, 0) is 10.0 Å². The van der Waals surface area contributed by atoms with E-state index < -0.39 is 10.0 Å². The Morgan fingerprint density at radius 1 is 0.885 bits per heavy atom. The van der Waals surface area contributed by atoms with Gasteiger partial charge in [-0.2, -0.15) is 4.31 Å². The monoisotopic (exact) mass is 372 g/mol. The van der Waals surface area contributed by atoms with E-state index in [1.54, 1.807) is 16.4 Å². The Kier molecular flexibility index (Phi) is 5.16. The quantitative estimate of drug-likeness (QED) is 0.775. The summed E-state index contributed by atoms with van der Waals surface area (Å²) < 4.78 is 27.2. The minimum atomic E-state index is -3.45. The van der Waals surface area contributed by atoms with Crippen molar-refractivity contribution < 1.29 is 13.2 Å². The van der Waals surface area contributed by atoms with Crippen LogP contribution < -0.4 is 4.90 Å². The lowest BCUT2D eigenvalue weighted by atomic mass is 10.0. The number of aldehydes is 1. The van der Waals surface area contributed by atoms with Gasteiger partial charge in [-0.3, -0.25) is 4.79 Å². The van der Waals surface area contributed by atoms with Crippen molar-refractivity contribution >= 4 is 22.0 Å². The Labute approximate surface area is 155 Å². The maximum atomic E-state index is 12.8. The zero-order chi connectivity index (χ0) is 18.9. The number of hydrogen-bond donors (Lipinski definition) is 0. The molecule has 0 atom stereocenters. The average Bonchev–Trinajstić information content (AvgIpc) is 2.63. The molecule has 1 saturated heterocycles. The maximum Gasteiger partial charge on any atom is 0.243 e. The van der Waals surface area contributed by atoms with Crippen LogP contribution in [0.4, 0.5) is 5.69 Å². The summed E-state index contributed by atoms with van der Waals surface area (Å²) in [6, 6.07) is 10.9. The molecule has 138 valence electrons. The summed E-state index contributed by atoms with van der Waals surface area (Å²) in [6.07, 6.45) is 0.873. The molecule has 2 aromatic carbocycles. The van der Waals surface area contributed by atoms with Gasteiger partial charge in [0.25, 0.3) is 0 Å². The molecular formula is C20H24N2O3S. The van der Waals surface area contributed by atoms with E-state index in [9.17, 15) is 13.2 Å². The van der Waals surface area contributed by atoms with Gasteiger partial charge in [0.1, 0.15) is 6.29 Å². The van der Waals surface area contributed by atoms with Gasteiger partial charge in [-0.05, 0) is 56.2 Å². The summed E-state index contributed by atoms with van der Waals surface area (Å²) in [4.78, 5) is 13.6. The first-order valence-electron chi connectivity index (χ1n) is 8.71. The van der Waals surface area contributed by atoms with Crippen molar-refractivity contribution in [1.29, 1.82) is 0 Å². The van der Waals surface area contributed by atoms with Crippen LogP contribution in [0.2, 0.25) is 0 Å². The van der Waals surface area contributed by atoms with E-state index in [0.717, 1.165) is 28.7 Å². The number of hydrogen-bond acceptors (Lipinski definition) is 4.